The molecule has 2 aliphatic rings. The molecule has 2 N–H and O–H groups in total. The normalized spacial score (nSPS) is 18.9. The molecule has 9 heteroatoms. The highest BCUT2D eigenvalue weighted by molar-refractivity contribution is 7.16. The van der Waals surface area contributed by atoms with E-state index in [1.54, 1.807) is 6.07 Å². The zero-order valence-corrected chi connectivity index (χ0v) is 18.0. The summed E-state index contributed by atoms with van der Waals surface area (Å²) < 4.78 is 19.8. The molecule has 1 aliphatic carbocycles. The first-order valence-corrected chi connectivity index (χ1v) is 11.3. The minimum atomic E-state index is -0.463. The zero-order chi connectivity index (χ0) is 21.4. The maximum atomic E-state index is 14.8. The van der Waals surface area contributed by atoms with Crippen LogP contribution in [0.1, 0.15) is 25.7 Å². The summed E-state index contributed by atoms with van der Waals surface area (Å²) in [5, 5.41) is 23.3. The lowest BCUT2D eigenvalue weighted by molar-refractivity contribution is 0.311. The Morgan fingerprint density at radius 2 is 2.03 bits per heavy atom. The number of hydrogen-bond acceptors (Lipinski definition) is 8. The molecule has 5 rings (SSSR count). The number of methoxy groups -OCH3 is 1. The van der Waals surface area contributed by atoms with Gasteiger partial charge in [0.05, 0.1) is 17.7 Å². The number of halogens is 1. The van der Waals surface area contributed by atoms with Crippen LogP contribution in [0.15, 0.2) is 30.5 Å². The van der Waals surface area contributed by atoms with Crippen LogP contribution < -0.4 is 15.0 Å². The maximum Gasteiger partial charge on any atom is 0.273 e. The van der Waals surface area contributed by atoms with Crippen LogP contribution in [0, 0.1) is 5.82 Å². The van der Waals surface area contributed by atoms with Crippen molar-refractivity contribution in [3.63, 3.8) is 0 Å². The summed E-state index contributed by atoms with van der Waals surface area (Å²) in [6, 6.07) is 7.50. The van der Waals surface area contributed by atoms with E-state index in [0.717, 1.165) is 25.3 Å². The smallest absolute Gasteiger partial charge is 0.273 e. The summed E-state index contributed by atoms with van der Waals surface area (Å²) in [5.41, 5.74) is 1.01. The molecule has 1 atom stereocenters. The van der Waals surface area contributed by atoms with Gasteiger partial charge in [0.2, 0.25) is 0 Å². The summed E-state index contributed by atoms with van der Waals surface area (Å²) in [6.45, 7) is 1.85. The molecular weight excluding hydrogens is 417 g/mol. The molecule has 0 unspecified atom stereocenters. The number of anilines is 1. The highest BCUT2D eigenvalue weighted by Gasteiger charge is 2.28. The Morgan fingerprint density at radius 3 is 2.71 bits per heavy atom. The fourth-order valence-electron chi connectivity index (χ4n) is 4.08. The third-order valence-corrected chi connectivity index (χ3v) is 7.02. The largest absolute Gasteiger partial charge is 0.507 e. The first-order valence-electron chi connectivity index (χ1n) is 10.5. The Bertz CT molecular complexity index is 1070. The fraction of sp³-hybridized carbons (Fsp3) is 0.409. The number of aromatic hydroxyl groups is 1. The van der Waals surface area contributed by atoms with Crippen molar-refractivity contribution in [3.8, 4) is 32.6 Å². The van der Waals surface area contributed by atoms with Crippen molar-refractivity contribution < 1.29 is 14.2 Å². The van der Waals surface area contributed by atoms with Crippen molar-refractivity contribution in [2.45, 2.75) is 37.8 Å². The van der Waals surface area contributed by atoms with Crippen molar-refractivity contribution in [3.05, 3.63) is 36.3 Å². The van der Waals surface area contributed by atoms with E-state index in [1.165, 1.54) is 56.0 Å². The molecule has 1 saturated carbocycles. The Kier molecular flexibility index (Phi) is 5.45. The second-order valence-corrected chi connectivity index (χ2v) is 9.04. The number of hydrogen-bond donors (Lipinski definition) is 2. The van der Waals surface area contributed by atoms with Gasteiger partial charge in [-0.15, -0.1) is 10.2 Å². The number of nitrogens with zero attached hydrogens (tertiary/aromatic N) is 4. The van der Waals surface area contributed by atoms with Crippen LogP contribution in [0.5, 0.6) is 10.9 Å². The molecule has 2 aromatic heterocycles. The van der Waals surface area contributed by atoms with E-state index < -0.39 is 5.82 Å². The Hall–Kier alpha value is -2.78. The van der Waals surface area contributed by atoms with E-state index in [-0.39, 0.29) is 11.3 Å². The van der Waals surface area contributed by atoms with Gasteiger partial charge in [-0.2, -0.15) is 0 Å². The highest BCUT2D eigenvalue weighted by atomic mass is 32.1. The molecule has 0 spiro atoms. The second-order valence-electron chi connectivity index (χ2n) is 8.05. The highest BCUT2D eigenvalue weighted by Crippen LogP contribution is 2.38. The van der Waals surface area contributed by atoms with E-state index in [1.807, 2.05) is 6.07 Å². The van der Waals surface area contributed by atoms with Crippen molar-refractivity contribution in [2.75, 3.05) is 25.1 Å². The number of phenolic OH excluding ortho intramolecular Hbond substituents is 1. The minimum absolute atomic E-state index is 0.0586. The maximum absolute atomic E-state index is 14.8. The first-order chi connectivity index (χ1) is 15.1. The molecule has 1 saturated heterocycles. The van der Waals surface area contributed by atoms with Crippen LogP contribution >= 0.6 is 11.3 Å². The SMILES string of the molecule is COc1ncc(-c2cc(O)c(-c3ccc(N4CC[C@@H](NC5CCC5)C4)nn3)cc2F)s1. The van der Waals surface area contributed by atoms with Gasteiger partial charge in [-0.05, 0) is 43.5 Å². The molecular formula is C22H24FN5O2S. The summed E-state index contributed by atoms with van der Waals surface area (Å²) in [4.78, 5) is 6.85. The van der Waals surface area contributed by atoms with Crippen LogP contribution in [0.25, 0.3) is 21.7 Å². The van der Waals surface area contributed by atoms with Gasteiger partial charge in [-0.1, -0.05) is 17.8 Å². The average molecular weight is 442 g/mol. The number of thiazole rings is 1. The van der Waals surface area contributed by atoms with Gasteiger partial charge < -0.3 is 20.1 Å². The van der Waals surface area contributed by atoms with Gasteiger partial charge in [0.25, 0.3) is 5.19 Å². The lowest BCUT2D eigenvalue weighted by Gasteiger charge is -2.29. The Balaban J connectivity index is 1.32. The average Bonchev–Trinajstić information content (AvgIpc) is 3.42. The topological polar surface area (TPSA) is 83.4 Å². The van der Waals surface area contributed by atoms with Crippen LogP contribution in [0.3, 0.4) is 0 Å². The molecule has 0 radical (unpaired) electrons. The predicted octanol–water partition coefficient (Wildman–Crippen LogP) is 3.84. The minimum Gasteiger partial charge on any atom is -0.507 e. The predicted molar refractivity (Wildman–Crippen MR) is 118 cm³/mol. The quantitative estimate of drug-likeness (QED) is 0.601. The third kappa shape index (κ3) is 4.07. The monoisotopic (exact) mass is 441 g/mol. The molecule has 1 aliphatic heterocycles. The summed E-state index contributed by atoms with van der Waals surface area (Å²) in [5.74, 6) is 0.279. The van der Waals surface area contributed by atoms with Gasteiger partial charge in [0.15, 0.2) is 5.82 Å². The van der Waals surface area contributed by atoms with Crippen LogP contribution in [0.4, 0.5) is 10.2 Å². The summed E-state index contributed by atoms with van der Waals surface area (Å²) >= 11 is 1.21. The molecule has 3 heterocycles. The van der Waals surface area contributed by atoms with E-state index in [4.69, 9.17) is 4.74 Å². The molecule has 1 aromatic carbocycles. The molecule has 162 valence electrons. The van der Waals surface area contributed by atoms with Gasteiger partial charge in [0, 0.05) is 42.5 Å². The number of ether oxygens (including phenoxy) is 1. The van der Waals surface area contributed by atoms with Gasteiger partial charge in [-0.25, -0.2) is 9.37 Å². The number of aromatic nitrogens is 3. The Morgan fingerprint density at radius 1 is 1.16 bits per heavy atom. The molecule has 2 fully saturated rings. The van der Waals surface area contributed by atoms with Crippen LogP contribution in [-0.2, 0) is 0 Å². The second kappa shape index (κ2) is 8.39. The molecule has 0 bridgehead atoms. The van der Waals surface area contributed by atoms with Gasteiger partial charge in [-0.3, -0.25) is 0 Å². The van der Waals surface area contributed by atoms with E-state index >= 15 is 0 Å². The lowest BCUT2D eigenvalue weighted by atomic mass is 9.92. The molecule has 7 nitrogen and oxygen atoms in total. The molecule has 0 amide bonds. The summed E-state index contributed by atoms with van der Waals surface area (Å²) in [6.07, 6.45) is 6.50. The standard InChI is InChI=1S/C22H24FN5O2S/c1-30-22-24-11-20(31-22)15-10-19(29)16(9-17(15)23)18-5-6-21(27-26-18)28-8-7-14(12-28)25-13-3-2-4-13/h5-6,9-11,13-14,25,29H,2-4,7-8,12H2,1H3/t14-/m1/s1. The van der Waals surface area contributed by atoms with Crippen molar-refractivity contribution in [2.24, 2.45) is 0 Å². The zero-order valence-electron chi connectivity index (χ0n) is 17.2. The van der Waals surface area contributed by atoms with E-state index in [0.29, 0.717) is 33.4 Å². The van der Waals surface area contributed by atoms with Gasteiger partial charge >= 0.3 is 0 Å². The first kappa shape index (κ1) is 20.1. The number of phenols is 1. The number of rotatable bonds is 6. The van der Waals surface area contributed by atoms with E-state index in [2.05, 4.69) is 25.4 Å². The van der Waals surface area contributed by atoms with Gasteiger partial charge in [0.1, 0.15) is 11.6 Å². The van der Waals surface area contributed by atoms with Crippen LogP contribution in [0.2, 0.25) is 0 Å². The van der Waals surface area contributed by atoms with Crippen molar-refractivity contribution in [1.82, 2.24) is 20.5 Å². The number of benzene rings is 1. The molecule has 31 heavy (non-hydrogen) atoms. The van der Waals surface area contributed by atoms with Crippen molar-refractivity contribution >= 4 is 17.2 Å². The molecule has 3 aromatic rings. The van der Waals surface area contributed by atoms with E-state index in [9.17, 15) is 9.50 Å². The lowest BCUT2D eigenvalue weighted by Crippen LogP contribution is -2.43. The number of nitrogens with one attached hydrogen (secondary N) is 1. The third-order valence-electron chi connectivity index (χ3n) is 6.03. The van der Waals surface area contributed by atoms with Crippen LogP contribution in [-0.4, -0.2) is 52.6 Å². The summed E-state index contributed by atoms with van der Waals surface area (Å²) in [7, 11) is 1.51. The Labute approximate surface area is 183 Å². The fourth-order valence-corrected chi connectivity index (χ4v) is 4.83. The van der Waals surface area contributed by atoms with Crippen molar-refractivity contribution in [1.29, 1.82) is 0 Å².